The van der Waals surface area contributed by atoms with E-state index in [4.69, 9.17) is 16.9 Å². The van der Waals surface area contributed by atoms with Crippen molar-refractivity contribution in [1.82, 2.24) is 14.7 Å². The van der Waals surface area contributed by atoms with Crippen molar-refractivity contribution < 1.29 is 4.79 Å². The number of benzene rings is 1. The molecule has 1 aromatic carbocycles. The summed E-state index contributed by atoms with van der Waals surface area (Å²) < 4.78 is 1.91. The smallest absolute Gasteiger partial charge is 0.251 e. The lowest BCUT2D eigenvalue weighted by molar-refractivity contribution is 0.0926. The molecular weight excluding hydrogens is 374 g/mol. The number of halogens is 1. The van der Waals surface area contributed by atoms with E-state index in [-0.39, 0.29) is 11.9 Å². The third-order valence-electron chi connectivity index (χ3n) is 5.11. The normalized spacial score (nSPS) is 19.1. The molecule has 0 spiro atoms. The van der Waals surface area contributed by atoms with Crippen molar-refractivity contribution in [2.45, 2.75) is 37.8 Å². The third-order valence-corrected chi connectivity index (χ3v) is 5.34. The van der Waals surface area contributed by atoms with Crippen LogP contribution in [0.25, 0.3) is 5.65 Å². The average Bonchev–Trinajstić information content (AvgIpc) is 3.14. The molecule has 1 amide bonds. The van der Waals surface area contributed by atoms with E-state index >= 15 is 0 Å². The van der Waals surface area contributed by atoms with Crippen LogP contribution in [0.1, 0.15) is 41.7 Å². The molecule has 7 heteroatoms. The van der Waals surface area contributed by atoms with Crippen LogP contribution in [-0.2, 0) is 0 Å². The molecule has 28 heavy (non-hydrogen) atoms. The van der Waals surface area contributed by atoms with Gasteiger partial charge in [0.05, 0.1) is 0 Å². The van der Waals surface area contributed by atoms with E-state index in [9.17, 15) is 4.79 Å². The first-order valence-electron chi connectivity index (χ1n) is 9.33. The van der Waals surface area contributed by atoms with E-state index < -0.39 is 0 Å². The SMILES string of the molecule is N#Cc1cn2c(N[C@H]3CC[C@@H](NC(=O)c4cccc(Cl)c4)CC3)cccc2n1. The largest absolute Gasteiger partial charge is 0.368 e. The van der Waals surface area contributed by atoms with Crippen LogP contribution < -0.4 is 10.6 Å². The Morgan fingerprint density at radius 1 is 1.14 bits per heavy atom. The Kier molecular flexibility index (Phi) is 5.18. The van der Waals surface area contributed by atoms with Gasteiger partial charge in [-0.05, 0) is 56.0 Å². The Bertz CT molecular complexity index is 1050. The first kappa shape index (κ1) is 18.3. The molecule has 0 aliphatic heterocycles. The van der Waals surface area contributed by atoms with E-state index in [0.29, 0.717) is 22.3 Å². The highest BCUT2D eigenvalue weighted by Crippen LogP contribution is 2.23. The number of nitriles is 1. The van der Waals surface area contributed by atoms with Crippen molar-refractivity contribution in [3.8, 4) is 6.07 Å². The highest BCUT2D eigenvalue weighted by Gasteiger charge is 2.23. The van der Waals surface area contributed by atoms with Gasteiger partial charge in [-0.2, -0.15) is 5.26 Å². The van der Waals surface area contributed by atoms with E-state index in [2.05, 4.69) is 21.7 Å². The Balaban J connectivity index is 1.35. The van der Waals surface area contributed by atoms with Crippen LogP contribution in [0.3, 0.4) is 0 Å². The number of rotatable bonds is 4. The van der Waals surface area contributed by atoms with Crippen molar-refractivity contribution in [1.29, 1.82) is 5.26 Å². The lowest BCUT2D eigenvalue weighted by atomic mass is 9.91. The van der Waals surface area contributed by atoms with Crippen LogP contribution in [-0.4, -0.2) is 27.4 Å². The first-order valence-corrected chi connectivity index (χ1v) is 9.71. The van der Waals surface area contributed by atoms with Gasteiger partial charge in [0.25, 0.3) is 5.91 Å². The quantitative estimate of drug-likeness (QED) is 0.701. The molecule has 0 atom stereocenters. The Hall–Kier alpha value is -3.04. The molecule has 3 aromatic rings. The molecule has 2 N–H and O–H groups in total. The maximum absolute atomic E-state index is 12.4. The summed E-state index contributed by atoms with van der Waals surface area (Å²) in [6, 6.07) is 15.4. The van der Waals surface area contributed by atoms with Gasteiger partial charge in [0.1, 0.15) is 17.5 Å². The zero-order valence-corrected chi connectivity index (χ0v) is 16.0. The third kappa shape index (κ3) is 3.95. The maximum atomic E-state index is 12.4. The molecule has 0 unspecified atom stereocenters. The number of nitrogens with one attached hydrogen (secondary N) is 2. The van der Waals surface area contributed by atoms with Gasteiger partial charge in [-0.3, -0.25) is 9.20 Å². The molecular formula is C21H20ClN5O. The highest BCUT2D eigenvalue weighted by atomic mass is 35.5. The number of hydrogen-bond acceptors (Lipinski definition) is 4. The molecule has 1 aliphatic carbocycles. The molecule has 4 rings (SSSR count). The van der Waals surface area contributed by atoms with Gasteiger partial charge in [-0.25, -0.2) is 4.98 Å². The Morgan fingerprint density at radius 2 is 1.89 bits per heavy atom. The number of aromatic nitrogens is 2. The number of anilines is 1. The van der Waals surface area contributed by atoms with Crippen molar-refractivity contribution in [3.63, 3.8) is 0 Å². The monoisotopic (exact) mass is 393 g/mol. The van der Waals surface area contributed by atoms with Crippen LogP contribution in [0.5, 0.6) is 0 Å². The van der Waals surface area contributed by atoms with Crippen LogP contribution in [0.15, 0.2) is 48.7 Å². The first-order chi connectivity index (χ1) is 13.6. The van der Waals surface area contributed by atoms with E-state index in [1.54, 1.807) is 30.5 Å². The van der Waals surface area contributed by atoms with Crippen LogP contribution in [0, 0.1) is 11.3 Å². The highest BCUT2D eigenvalue weighted by molar-refractivity contribution is 6.30. The summed E-state index contributed by atoms with van der Waals surface area (Å²) in [4.78, 5) is 16.7. The van der Waals surface area contributed by atoms with Gasteiger partial charge in [-0.1, -0.05) is 23.7 Å². The number of fused-ring (bicyclic) bond motifs is 1. The van der Waals surface area contributed by atoms with Crippen LogP contribution >= 0.6 is 11.6 Å². The van der Waals surface area contributed by atoms with E-state index in [1.807, 2.05) is 22.6 Å². The van der Waals surface area contributed by atoms with Gasteiger partial charge < -0.3 is 10.6 Å². The Morgan fingerprint density at radius 3 is 2.64 bits per heavy atom. The van der Waals surface area contributed by atoms with E-state index in [0.717, 1.165) is 37.1 Å². The minimum Gasteiger partial charge on any atom is -0.368 e. The number of amides is 1. The molecule has 0 saturated heterocycles. The molecule has 2 heterocycles. The van der Waals surface area contributed by atoms with Crippen molar-refractivity contribution >= 4 is 29.0 Å². The molecule has 6 nitrogen and oxygen atoms in total. The number of pyridine rings is 1. The summed E-state index contributed by atoms with van der Waals surface area (Å²) in [5, 5.41) is 16.3. The fourth-order valence-electron chi connectivity index (χ4n) is 3.67. The van der Waals surface area contributed by atoms with Crippen molar-refractivity contribution in [2.24, 2.45) is 0 Å². The molecule has 142 valence electrons. The standard InChI is InChI=1S/C21H20ClN5O/c22-15-4-1-3-14(11-15)21(28)26-17-9-7-16(8-10-17)24-19-5-2-6-20-25-18(12-23)13-27(19)20/h1-6,11,13,16-17,24H,7-10H2,(H,26,28)/t16-,17+. The summed E-state index contributed by atoms with van der Waals surface area (Å²) >= 11 is 5.97. The lowest BCUT2D eigenvalue weighted by Gasteiger charge is -2.30. The summed E-state index contributed by atoms with van der Waals surface area (Å²) in [7, 11) is 0. The molecule has 2 aromatic heterocycles. The zero-order valence-electron chi connectivity index (χ0n) is 15.2. The predicted molar refractivity (Wildman–Crippen MR) is 108 cm³/mol. The molecule has 1 fully saturated rings. The van der Waals surface area contributed by atoms with Gasteiger partial charge >= 0.3 is 0 Å². The van der Waals surface area contributed by atoms with E-state index in [1.165, 1.54) is 0 Å². The number of hydrogen-bond donors (Lipinski definition) is 2. The second kappa shape index (κ2) is 7.91. The summed E-state index contributed by atoms with van der Waals surface area (Å²) in [6.07, 6.45) is 5.47. The van der Waals surface area contributed by atoms with Crippen molar-refractivity contribution in [3.05, 3.63) is 64.9 Å². The molecule has 1 saturated carbocycles. The summed E-state index contributed by atoms with van der Waals surface area (Å²) in [5.74, 6) is 0.851. The second-order valence-electron chi connectivity index (χ2n) is 7.05. The van der Waals surface area contributed by atoms with Gasteiger partial charge in [0, 0.05) is 28.9 Å². The molecule has 0 radical (unpaired) electrons. The second-order valence-corrected chi connectivity index (χ2v) is 7.49. The topological polar surface area (TPSA) is 82.2 Å². The maximum Gasteiger partial charge on any atom is 0.251 e. The molecule has 1 aliphatic rings. The lowest BCUT2D eigenvalue weighted by Crippen LogP contribution is -2.40. The van der Waals surface area contributed by atoms with Gasteiger partial charge in [0.15, 0.2) is 5.69 Å². The average molecular weight is 394 g/mol. The van der Waals surface area contributed by atoms with Crippen LogP contribution in [0.2, 0.25) is 5.02 Å². The Labute approximate surface area is 168 Å². The fourth-order valence-corrected chi connectivity index (χ4v) is 3.86. The minimum absolute atomic E-state index is 0.0777. The zero-order chi connectivity index (χ0) is 19.5. The van der Waals surface area contributed by atoms with Gasteiger partial charge in [0.2, 0.25) is 0 Å². The fraction of sp³-hybridized carbons (Fsp3) is 0.286. The van der Waals surface area contributed by atoms with Crippen molar-refractivity contribution in [2.75, 3.05) is 5.32 Å². The summed E-state index contributed by atoms with van der Waals surface area (Å²) in [5.41, 5.74) is 1.75. The summed E-state index contributed by atoms with van der Waals surface area (Å²) in [6.45, 7) is 0. The predicted octanol–water partition coefficient (Wildman–Crippen LogP) is 4.01. The number of imidazole rings is 1. The van der Waals surface area contributed by atoms with Crippen LogP contribution in [0.4, 0.5) is 5.82 Å². The number of carbonyl (C=O) groups excluding carboxylic acids is 1. The molecule has 0 bridgehead atoms. The minimum atomic E-state index is -0.0777. The number of carbonyl (C=O) groups is 1. The number of nitrogens with zero attached hydrogens (tertiary/aromatic N) is 3. The van der Waals surface area contributed by atoms with Gasteiger partial charge in [-0.15, -0.1) is 0 Å².